The van der Waals surface area contributed by atoms with E-state index in [2.05, 4.69) is 15.3 Å². The zero-order chi connectivity index (χ0) is 24.7. The fourth-order valence-electron chi connectivity index (χ4n) is 4.52. The lowest BCUT2D eigenvalue weighted by Gasteiger charge is -2.39. The summed E-state index contributed by atoms with van der Waals surface area (Å²) in [5, 5.41) is 3.02. The van der Waals surface area contributed by atoms with E-state index in [1.807, 2.05) is 0 Å². The Balaban J connectivity index is 1.43. The van der Waals surface area contributed by atoms with E-state index in [0.717, 1.165) is 17.8 Å². The van der Waals surface area contributed by atoms with Crippen molar-refractivity contribution in [1.29, 1.82) is 0 Å². The molecule has 0 aliphatic carbocycles. The van der Waals surface area contributed by atoms with Crippen molar-refractivity contribution in [3.8, 4) is 5.88 Å². The van der Waals surface area contributed by atoms with E-state index in [9.17, 15) is 18.0 Å². The number of hydrogen-bond acceptors (Lipinski definition) is 8. The van der Waals surface area contributed by atoms with Crippen molar-refractivity contribution in [2.75, 3.05) is 38.6 Å². The first-order chi connectivity index (χ1) is 16.0. The van der Waals surface area contributed by atoms with Crippen molar-refractivity contribution in [1.82, 2.24) is 19.2 Å². The second-order valence-corrected chi connectivity index (χ2v) is 12.2. The van der Waals surface area contributed by atoms with Gasteiger partial charge >= 0.3 is 0 Å². The van der Waals surface area contributed by atoms with Gasteiger partial charge in [0.2, 0.25) is 11.8 Å². The molecule has 0 bridgehead atoms. The normalized spacial score (nSPS) is 18.3. The topological polar surface area (TPSA) is 122 Å². The Morgan fingerprint density at radius 2 is 1.85 bits per heavy atom. The van der Waals surface area contributed by atoms with Gasteiger partial charge in [-0.15, -0.1) is 0 Å². The molecule has 2 aromatic rings. The van der Waals surface area contributed by atoms with E-state index >= 15 is 0 Å². The third-order valence-electron chi connectivity index (χ3n) is 6.35. The average Bonchev–Trinajstić information content (AvgIpc) is 3.37. The zero-order valence-corrected chi connectivity index (χ0v) is 21.5. The monoisotopic (exact) mass is 527 g/mol. The molecule has 2 aliphatic rings. The number of piperidine rings is 1. The first-order valence-electron chi connectivity index (χ1n) is 10.8. The second kappa shape index (κ2) is 9.40. The zero-order valence-electron chi connectivity index (χ0n) is 19.1. The van der Waals surface area contributed by atoms with Gasteiger partial charge in [0, 0.05) is 44.7 Å². The number of hydrogen-bond donors (Lipinski definition) is 1. The van der Waals surface area contributed by atoms with Gasteiger partial charge in [-0.3, -0.25) is 9.59 Å². The number of pyridine rings is 1. The van der Waals surface area contributed by atoms with E-state index < -0.39 is 10.0 Å². The highest BCUT2D eigenvalue weighted by molar-refractivity contribution is 7.91. The molecule has 0 atom stereocenters. The van der Waals surface area contributed by atoms with Gasteiger partial charge in [0.05, 0.1) is 12.8 Å². The van der Waals surface area contributed by atoms with Crippen LogP contribution in [-0.2, 0) is 14.8 Å². The molecule has 0 unspecified atom stereocenters. The summed E-state index contributed by atoms with van der Waals surface area (Å²) in [5.41, 5.74) is 0.622. The van der Waals surface area contributed by atoms with Crippen LogP contribution in [-0.4, -0.2) is 72.7 Å². The third kappa shape index (κ3) is 4.90. The first-order valence-corrected chi connectivity index (χ1v) is 13.4. The van der Waals surface area contributed by atoms with Crippen LogP contribution in [0.1, 0.15) is 42.2 Å². The molecule has 184 valence electrons. The largest absolute Gasteiger partial charge is 0.481 e. The van der Waals surface area contributed by atoms with Crippen molar-refractivity contribution < 1.29 is 22.7 Å². The Kier molecular flexibility index (Phi) is 6.87. The van der Waals surface area contributed by atoms with Gasteiger partial charge in [0.25, 0.3) is 15.9 Å². The van der Waals surface area contributed by atoms with Gasteiger partial charge in [-0.2, -0.15) is 4.31 Å². The number of rotatable bonds is 5. The Hall–Kier alpha value is -2.28. The molecule has 13 heteroatoms. The lowest BCUT2D eigenvalue weighted by Crippen LogP contribution is -2.44. The van der Waals surface area contributed by atoms with Crippen molar-refractivity contribution in [3.63, 3.8) is 0 Å². The van der Waals surface area contributed by atoms with E-state index in [1.165, 1.54) is 24.4 Å². The van der Waals surface area contributed by atoms with Crippen LogP contribution in [0.3, 0.4) is 0 Å². The molecule has 34 heavy (non-hydrogen) atoms. The number of aryl methyl sites for hydroxylation is 1. The Morgan fingerprint density at radius 1 is 1.18 bits per heavy atom. The predicted molar refractivity (Wildman–Crippen MR) is 128 cm³/mol. The number of likely N-dealkylation sites (tertiary alicyclic amines) is 1. The molecule has 0 saturated carbocycles. The van der Waals surface area contributed by atoms with Gasteiger partial charge in [-0.25, -0.2) is 18.4 Å². The number of aromatic nitrogens is 2. The highest BCUT2D eigenvalue weighted by Crippen LogP contribution is 2.43. The first kappa shape index (κ1) is 24.8. The molecule has 2 aliphatic heterocycles. The van der Waals surface area contributed by atoms with Crippen molar-refractivity contribution >= 4 is 49.9 Å². The maximum atomic E-state index is 13.3. The minimum atomic E-state index is -3.72. The number of amides is 2. The molecule has 1 N–H and O–H groups in total. The van der Waals surface area contributed by atoms with Crippen LogP contribution in [0.15, 0.2) is 16.3 Å². The fraction of sp³-hybridized carbons (Fsp3) is 0.524. The van der Waals surface area contributed by atoms with Gasteiger partial charge in [-0.05, 0) is 37.7 Å². The summed E-state index contributed by atoms with van der Waals surface area (Å²) in [7, 11) is -2.26. The minimum Gasteiger partial charge on any atom is -0.481 e. The summed E-state index contributed by atoms with van der Waals surface area (Å²) in [5.74, 6) is -0.168. The lowest BCUT2D eigenvalue weighted by molar-refractivity contribution is -0.114. The van der Waals surface area contributed by atoms with Gasteiger partial charge in [0.15, 0.2) is 9.34 Å². The molecular weight excluding hydrogens is 502 g/mol. The summed E-state index contributed by atoms with van der Waals surface area (Å²) < 4.78 is 33.4. The fourth-order valence-corrected chi connectivity index (χ4v) is 7.87. The molecular formula is C21H26ClN5O5S2. The number of thiazole rings is 1. The van der Waals surface area contributed by atoms with Gasteiger partial charge in [0.1, 0.15) is 5.15 Å². The number of nitrogens with one attached hydrogen (secondary N) is 1. The van der Waals surface area contributed by atoms with Crippen molar-refractivity contribution in [3.05, 3.63) is 28.5 Å². The lowest BCUT2D eigenvalue weighted by atomic mass is 9.78. The molecule has 0 radical (unpaired) electrons. The SMILES string of the molecule is COc1cc(C(=O)N2CCC3(CC2)CCN(S(=O)(=O)c2sc(NC(C)=O)nc2C)C3)cc(Cl)n1. The Bertz CT molecular complexity index is 1220. The van der Waals surface area contributed by atoms with Crippen LogP contribution in [0.5, 0.6) is 5.88 Å². The van der Waals surface area contributed by atoms with Crippen LogP contribution < -0.4 is 10.1 Å². The minimum absolute atomic E-state index is 0.147. The van der Waals surface area contributed by atoms with E-state index in [4.69, 9.17) is 16.3 Å². The smallest absolute Gasteiger partial charge is 0.254 e. The number of carbonyl (C=O) groups excluding carboxylic acids is 2. The van der Waals surface area contributed by atoms with E-state index in [-0.39, 0.29) is 37.6 Å². The molecule has 2 saturated heterocycles. The number of carbonyl (C=O) groups is 2. The number of sulfonamides is 1. The highest BCUT2D eigenvalue weighted by atomic mass is 35.5. The third-order valence-corrected chi connectivity index (χ3v) is 10.1. The summed E-state index contributed by atoms with van der Waals surface area (Å²) in [4.78, 5) is 34.2. The number of halogens is 1. The predicted octanol–water partition coefficient (Wildman–Crippen LogP) is 2.78. The number of anilines is 1. The van der Waals surface area contributed by atoms with E-state index in [0.29, 0.717) is 50.3 Å². The molecule has 2 amide bonds. The van der Waals surface area contributed by atoms with Crippen molar-refractivity contribution in [2.24, 2.45) is 5.41 Å². The van der Waals surface area contributed by atoms with Crippen molar-refractivity contribution in [2.45, 2.75) is 37.3 Å². The number of nitrogens with zero attached hydrogens (tertiary/aromatic N) is 4. The second-order valence-electron chi connectivity index (χ2n) is 8.67. The number of methoxy groups -OCH3 is 1. The van der Waals surface area contributed by atoms with Gasteiger partial charge < -0.3 is 15.0 Å². The molecule has 2 fully saturated rings. The van der Waals surface area contributed by atoms with Crippen LogP contribution >= 0.6 is 22.9 Å². The summed E-state index contributed by atoms with van der Waals surface area (Å²) in [6.07, 6.45) is 2.15. The molecule has 1 spiro atoms. The summed E-state index contributed by atoms with van der Waals surface area (Å²) in [6.45, 7) is 4.86. The molecule has 4 rings (SSSR count). The molecule has 0 aromatic carbocycles. The van der Waals surface area contributed by atoms with E-state index in [1.54, 1.807) is 17.9 Å². The van der Waals surface area contributed by atoms with Gasteiger partial charge in [-0.1, -0.05) is 22.9 Å². The average molecular weight is 528 g/mol. The van der Waals surface area contributed by atoms with Crippen LogP contribution in [0, 0.1) is 12.3 Å². The Morgan fingerprint density at radius 3 is 2.50 bits per heavy atom. The highest BCUT2D eigenvalue weighted by Gasteiger charge is 2.46. The molecule has 4 heterocycles. The Labute approximate surface area is 207 Å². The summed E-state index contributed by atoms with van der Waals surface area (Å²) in [6, 6.07) is 3.09. The molecule has 2 aromatic heterocycles. The van der Waals surface area contributed by atoms with Crippen LogP contribution in [0.25, 0.3) is 0 Å². The summed E-state index contributed by atoms with van der Waals surface area (Å²) >= 11 is 6.98. The standard InChI is InChI=1S/C21H26ClN5O5S2/c1-13-19(33-20(23-13)24-14(2)28)34(30,31)27-9-6-21(12-27)4-7-26(8-5-21)18(29)15-10-16(22)25-17(11-15)32-3/h10-11H,4-9,12H2,1-3H3,(H,23,24,28). The number of ether oxygens (including phenoxy) is 1. The van der Waals surface area contributed by atoms with Crippen LogP contribution in [0.4, 0.5) is 5.13 Å². The quantitative estimate of drug-likeness (QED) is 0.593. The maximum Gasteiger partial charge on any atom is 0.254 e. The molecule has 10 nitrogen and oxygen atoms in total. The maximum absolute atomic E-state index is 13.3. The van der Waals surface area contributed by atoms with Crippen LogP contribution in [0.2, 0.25) is 5.15 Å².